The van der Waals surface area contributed by atoms with Crippen molar-refractivity contribution in [1.29, 1.82) is 0 Å². The molecule has 4 unspecified atom stereocenters. The van der Waals surface area contributed by atoms with Crippen LogP contribution >= 0.6 is 0 Å². The van der Waals surface area contributed by atoms with Crippen LogP contribution in [-0.4, -0.2) is 86.5 Å². The highest BCUT2D eigenvalue weighted by molar-refractivity contribution is 5.95. The Morgan fingerprint density at radius 3 is 2.10 bits per heavy atom. The maximum atomic E-state index is 13.4. The molecule has 42 heavy (non-hydrogen) atoms. The van der Waals surface area contributed by atoms with Gasteiger partial charge in [-0.05, 0) is 30.5 Å². The molecule has 1 aromatic heterocycles. The van der Waals surface area contributed by atoms with Crippen molar-refractivity contribution in [2.45, 2.75) is 56.3 Å². The lowest BCUT2D eigenvalue weighted by Crippen LogP contribution is -2.58. The van der Waals surface area contributed by atoms with Gasteiger partial charge in [0.2, 0.25) is 23.6 Å². The largest absolute Gasteiger partial charge is 0.508 e. The number of aliphatic carboxylic acids is 1. The number of carboxylic acid groups (broad SMARTS) is 1. The summed E-state index contributed by atoms with van der Waals surface area (Å²) in [4.78, 5) is 72.8. The Kier molecular flexibility index (Phi) is 12.7. The van der Waals surface area contributed by atoms with Crippen molar-refractivity contribution in [1.82, 2.24) is 25.9 Å². The van der Waals surface area contributed by atoms with Gasteiger partial charge in [0.05, 0.1) is 18.8 Å². The summed E-state index contributed by atoms with van der Waals surface area (Å²) in [5, 5.41) is 26.7. The van der Waals surface area contributed by atoms with Crippen molar-refractivity contribution in [3.05, 3.63) is 48.0 Å². The Hall–Kier alpha value is -5.19. The van der Waals surface area contributed by atoms with Crippen molar-refractivity contribution in [3.63, 3.8) is 0 Å². The third-order valence-corrected chi connectivity index (χ3v) is 5.94. The highest BCUT2D eigenvalue weighted by atomic mass is 16.4. The molecule has 4 atom stereocenters. The van der Waals surface area contributed by atoms with E-state index in [-0.39, 0.29) is 43.9 Å². The van der Waals surface area contributed by atoms with E-state index < -0.39 is 60.2 Å². The second kappa shape index (κ2) is 16.2. The maximum Gasteiger partial charge on any atom is 0.326 e. The summed E-state index contributed by atoms with van der Waals surface area (Å²) in [5.74, 6) is -4.78. The van der Waals surface area contributed by atoms with Crippen LogP contribution in [0.25, 0.3) is 0 Å². The van der Waals surface area contributed by atoms with E-state index in [1.807, 2.05) is 0 Å². The number of nitrogens with two attached hydrogens (primary N) is 4. The van der Waals surface area contributed by atoms with Crippen LogP contribution in [0.2, 0.25) is 0 Å². The molecule has 4 amide bonds. The number of H-pyrrole nitrogens is 1. The number of guanidine groups is 1. The first-order valence-corrected chi connectivity index (χ1v) is 12.8. The lowest BCUT2D eigenvalue weighted by atomic mass is 10.0. The second-order valence-electron chi connectivity index (χ2n) is 9.40. The first kappa shape index (κ1) is 33.0. The van der Waals surface area contributed by atoms with Gasteiger partial charge in [-0.3, -0.25) is 24.2 Å². The number of amides is 4. The molecule has 228 valence electrons. The normalized spacial score (nSPS) is 13.5. The van der Waals surface area contributed by atoms with Crippen LogP contribution in [0.15, 0.2) is 41.8 Å². The molecular weight excluding hydrogens is 552 g/mol. The van der Waals surface area contributed by atoms with Crippen molar-refractivity contribution in [2.24, 2.45) is 27.9 Å². The third kappa shape index (κ3) is 11.5. The van der Waals surface area contributed by atoms with Crippen LogP contribution in [-0.2, 0) is 36.8 Å². The minimum atomic E-state index is -1.35. The number of rotatable bonds is 17. The molecule has 0 spiro atoms. The number of nitrogens with zero attached hydrogens (tertiary/aromatic N) is 2. The minimum Gasteiger partial charge on any atom is -0.508 e. The van der Waals surface area contributed by atoms with E-state index in [0.29, 0.717) is 11.3 Å². The standard InChI is InChI=1S/C25H36N10O7/c26-16(10-20(27)37)21(38)34-18(8-13-3-5-15(36)6-4-13)23(40)33-17(2-1-7-31-25(28)29)22(39)35-19(24(41)42)9-14-11-30-12-32-14/h3-6,11-12,16-19,36H,1-2,7-10,26H2,(H2,27,37)(H,30,32)(H,33,40)(H,34,38)(H,35,39)(H,41,42)(H4,28,29,31). The number of imidazole rings is 1. The summed E-state index contributed by atoms with van der Waals surface area (Å²) in [6, 6.07) is 0.592. The quantitative estimate of drug-likeness (QED) is 0.0495. The smallest absolute Gasteiger partial charge is 0.326 e. The molecular formula is C25H36N10O7. The first-order chi connectivity index (χ1) is 19.8. The van der Waals surface area contributed by atoms with Gasteiger partial charge in [0, 0.05) is 31.3 Å². The molecule has 2 rings (SSSR count). The highest BCUT2D eigenvalue weighted by Gasteiger charge is 2.31. The van der Waals surface area contributed by atoms with Crippen LogP contribution < -0.4 is 38.9 Å². The topological polar surface area (TPSA) is 307 Å². The van der Waals surface area contributed by atoms with Gasteiger partial charge in [-0.25, -0.2) is 9.78 Å². The van der Waals surface area contributed by atoms with Gasteiger partial charge in [-0.2, -0.15) is 0 Å². The highest BCUT2D eigenvalue weighted by Crippen LogP contribution is 2.12. The molecule has 0 bridgehead atoms. The zero-order valence-corrected chi connectivity index (χ0v) is 22.7. The molecule has 17 heteroatoms. The number of phenols is 1. The summed E-state index contributed by atoms with van der Waals surface area (Å²) >= 11 is 0. The van der Waals surface area contributed by atoms with E-state index in [9.17, 15) is 34.2 Å². The van der Waals surface area contributed by atoms with Crippen LogP contribution in [0.3, 0.4) is 0 Å². The Bertz CT molecular complexity index is 1250. The summed E-state index contributed by atoms with van der Waals surface area (Å²) in [6.07, 6.45) is 2.35. The SMILES string of the molecule is NC(=O)CC(N)C(=O)NC(Cc1ccc(O)cc1)C(=O)NC(CCCN=C(N)N)C(=O)NC(Cc1cnc[nH]1)C(=O)O. The van der Waals surface area contributed by atoms with Gasteiger partial charge in [0.25, 0.3) is 0 Å². The number of benzene rings is 1. The van der Waals surface area contributed by atoms with Gasteiger partial charge in [0.1, 0.15) is 23.9 Å². The van der Waals surface area contributed by atoms with Crippen molar-refractivity contribution in [3.8, 4) is 5.75 Å². The van der Waals surface area contributed by atoms with E-state index in [0.717, 1.165) is 0 Å². The average molecular weight is 589 g/mol. The van der Waals surface area contributed by atoms with Crippen molar-refractivity contribution < 1.29 is 34.2 Å². The van der Waals surface area contributed by atoms with E-state index in [1.54, 1.807) is 0 Å². The fourth-order valence-corrected chi connectivity index (χ4v) is 3.80. The lowest BCUT2D eigenvalue weighted by Gasteiger charge is -2.25. The number of nitrogens with one attached hydrogen (secondary N) is 4. The fraction of sp³-hybridized carbons (Fsp3) is 0.400. The molecule has 0 fully saturated rings. The van der Waals surface area contributed by atoms with Crippen LogP contribution in [0.1, 0.15) is 30.5 Å². The molecule has 17 nitrogen and oxygen atoms in total. The van der Waals surface area contributed by atoms with Gasteiger partial charge in [-0.15, -0.1) is 0 Å². The number of aromatic amines is 1. The number of primary amides is 1. The first-order valence-electron chi connectivity index (χ1n) is 12.8. The number of hydrogen-bond acceptors (Lipinski definition) is 9. The van der Waals surface area contributed by atoms with Gasteiger partial charge in [-0.1, -0.05) is 12.1 Å². The number of aliphatic imine (C=N–C) groups is 1. The Balaban J connectivity index is 2.27. The van der Waals surface area contributed by atoms with Crippen molar-refractivity contribution in [2.75, 3.05) is 6.54 Å². The lowest BCUT2D eigenvalue weighted by molar-refractivity contribution is -0.142. The van der Waals surface area contributed by atoms with Crippen molar-refractivity contribution >= 4 is 35.6 Å². The molecule has 0 radical (unpaired) electrons. The molecule has 1 heterocycles. The van der Waals surface area contributed by atoms with Gasteiger partial charge < -0.3 is 54.1 Å². The number of aromatic nitrogens is 2. The fourth-order valence-electron chi connectivity index (χ4n) is 3.80. The number of carboxylic acids is 1. The number of phenolic OH excluding ortho intramolecular Hbond substituents is 1. The molecule has 0 saturated heterocycles. The van der Waals surface area contributed by atoms with E-state index in [2.05, 4.69) is 30.9 Å². The molecule has 0 aliphatic rings. The number of carbonyl (C=O) groups is 5. The number of carbonyl (C=O) groups excluding carboxylic acids is 4. The molecule has 14 N–H and O–H groups in total. The molecule has 0 aliphatic carbocycles. The van der Waals surface area contributed by atoms with Gasteiger partial charge >= 0.3 is 5.97 Å². The Labute approximate surface area is 240 Å². The summed E-state index contributed by atoms with van der Waals surface area (Å²) in [5.41, 5.74) is 22.5. The Morgan fingerprint density at radius 1 is 0.905 bits per heavy atom. The average Bonchev–Trinajstić information content (AvgIpc) is 3.43. The van der Waals surface area contributed by atoms with Crippen LogP contribution in [0, 0.1) is 0 Å². The summed E-state index contributed by atoms with van der Waals surface area (Å²) in [7, 11) is 0. The molecule has 0 aliphatic heterocycles. The number of aromatic hydroxyl groups is 1. The third-order valence-electron chi connectivity index (χ3n) is 5.94. The molecule has 2 aromatic rings. The maximum absolute atomic E-state index is 13.4. The summed E-state index contributed by atoms with van der Waals surface area (Å²) in [6.45, 7) is 0.119. The Morgan fingerprint density at radius 2 is 1.52 bits per heavy atom. The number of hydrogen-bond donors (Lipinski definition) is 10. The monoisotopic (exact) mass is 588 g/mol. The zero-order chi connectivity index (χ0) is 31.2. The predicted octanol–water partition coefficient (Wildman–Crippen LogP) is -3.30. The predicted molar refractivity (Wildman–Crippen MR) is 149 cm³/mol. The second-order valence-corrected chi connectivity index (χ2v) is 9.40. The minimum absolute atomic E-state index is 0.00577. The van der Waals surface area contributed by atoms with E-state index >= 15 is 0 Å². The van der Waals surface area contributed by atoms with E-state index in [1.165, 1.54) is 36.8 Å². The summed E-state index contributed by atoms with van der Waals surface area (Å²) < 4.78 is 0. The molecule has 1 aromatic carbocycles. The van der Waals surface area contributed by atoms with Gasteiger partial charge in [0.15, 0.2) is 5.96 Å². The van der Waals surface area contributed by atoms with E-state index in [4.69, 9.17) is 22.9 Å². The zero-order valence-electron chi connectivity index (χ0n) is 22.7. The van der Waals surface area contributed by atoms with Crippen LogP contribution in [0.5, 0.6) is 5.75 Å². The molecule has 0 saturated carbocycles. The van der Waals surface area contributed by atoms with Crippen LogP contribution in [0.4, 0.5) is 0 Å².